The number of aromatic hydroxyl groups is 2. The molecular weight excluding hydrogens is 380 g/mol. The zero-order chi connectivity index (χ0) is 22.1. The Balaban J connectivity index is 1.85. The maximum Gasteiger partial charge on any atom is 0.271 e. The molecular formula is C23H26N4O3. The Morgan fingerprint density at radius 3 is 2.37 bits per heavy atom. The summed E-state index contributed by atoms with van der Waals surface area (Å²) in [5.74, 6) is -0.486. The lowest BCUT2D eigenvalue weighted by molar-refractivity contribution is 0.0954. The topological polar surface area (TPSA) is 99.7 Å². The van der Waals surface area contributed by atoms with Crippen LogP contribution in [0.1, 0.15) is 49.3 Å². The zero-order valence-corrected chi connectivity index (χ0v) is 17.8. The number of nitrogens with one attached hydrogen (secondary N) is 1. The van der Waals surface area contributed by atoms with Gasteiger partial charge in [-0.05, 0) is 36.1 Å². The number of benzene rings is 2. The number of carbonyl (C=O) groups is 1. The summed E-state index contributed by atoms with van der Waals surface area (Å²) in [6.45, 7) is 8.09. The number of hydrazone groups is 1. The monoisotopic (exact) mass is 406 g/mol. The van der Waals surface area contributed by atoms with Crippen molar-refractivity contribution in [2.75, 3.05) is 0 Å². The summed E-state index contributed by atoms with van der Waals surface area (Å²) in [6.07, 6.45) is 0. The number of aromatic nitrogens is 2. The minimum absolute atomic E-state index is 0.00568. The van der Waals surface area contributed by atoms with E-state index in [9.17, 15) is 15.0 Å². The van der Waals surface area contributed by atoms with E-state index in [1.165, 1.54) is 17.7 Å². The van der Waals surface area contributed by atoms with Gasteiger partial charge in [0.2, 0.25) is 0 Å². The van der Waals surface area contributed by atoms with Gasteiger partial charge < -0.3 is 10.2 Å². The molecule has 0 bridgehead atoms. The van der Waals surface area contributed by atoms with Crippen LogP contribution >= 0.6 is 0 Å². The van der Waals surface area contributed by atoms with Gasteiger partial charge >= 0.3 is 0 Å². The maximum atomic E-state index is 12.2. The molecule has 0 aliphatic rings. The van der Waals surface area contributed by atoms with Gasteiger partial charge in [-0.1, -0.05) is 51.1 Å². The highest BCUT2D eigenvalue weighted by Crippen LogP contribution is 2.33. The normalized spacial score (nSPS) is 12.1. The molecule has 0 radical (unpaired) electrons. The minimum atomic E-state index is -0.473. The second-order valence-electron chi connectivity index (χ2n) is 8.19. The van der Waals surface area contributed by atoms with Gasteiger partial charge in [0.05, 0.1) is 5.71 Å². The molecule has 0 aliphatic carbocycles. The molecule has 7 heteroatoms. The molecule has 3 aromatic rings. The summed E-state index contributed by atoms with van der Waals surface area (Å²) in [7, 11) is 1.74. The molecule has 3 rings (SSSR count). The quantitative estimate of drug-likeness (QED) is 0.451. The first-order valence-electron chi connectivity index (χ1n) is 9.59. The molecule has 1 aromatic heterocycles. The van der Waals surface area contributed by atoms with Crippen LogP contribution in [0.25, 0.3) is 11.3 Å². The average molecular weight is 406 g/mol. The van der Waals surface area contributed by atoms with Gasteiger partial charge in [0.1, 0.15) is 11.4 Å². The van der Waals surface area contributed by atoms with Crippen LogP contribution in [0.2, 0.25) is 0 Å². The van der Waals surface area contributed by atoms with E-state index in [0.29, 0.717) is 11.4 Å². The van der Waals surface area contributed by atoms with Gasteiger partial charge in [-0.15, -0.1) is 0 Å². The van der Waals surface area contributed by atoms with Gasteiger partial charge in [-0.2, -0.15) is 10.2 Å². The first-order chi connectivity index (χ1) is 14.1. The molecule has 3 N–H and O–H groups in total. The minimum Gasteiger partial charge on any atom is -0.508 e. The highest BCUT2D eigenvalue weighted by molar-refractivity contribution is 6.02. The van der Waals surface area contributed by atoms with E-state index in [4.69, 9.17) is 0 Å². The van der Waals surface area contributed by atoms with E-state index in [-0.39, 0.29) is 28.2 Å². The van der Waals surface area contributed by atoms with E-state index in [2.05, 4.69) is 36.4 Å². The molecule has 0 fully saturated rings. The lowest BCUT2D eigenvalue weighted by Crippen LogP contribution is -2.19. The molecule has 156 valence electrons. The van der Waals surface area contributed by atoms with Crippen LogP contribution < -0.4 is 5.43 Å². The lowest BCUT2D eigenvalue weighted by Gasteiger charge is -2.19. The van der Waals surface area contributed by atoms with Gasteiger partial charge in [0, 0.05) is 18.2 Å². The Morgan fingerprint density at radius 2 is 1.77 bits per heavy atom. The molecule has 30 heavy (non-hydrogen) atoms. The van der Waals surface area contributed by atoms with Crippen LogP contribution in [0.4, 0.5) is 0 Å². The number of aryl methyl sites for hydroxylation is 1. The summed E-state index contributed by atoms with van der Waals surface area (Å²) >= 11 is 0. The van der Waals surface area contributed by atoms with Crippen molar-refractivity contribution in [3.63, 3.8) is 0 Å². The van der Waals surface area contributed by atoms with Crippen LogP contribution in [0.3, 0.4) is 0 Å². The van der Waals surface area contributed by atoms with Crippen molar-refractivity contribution < 1.29 is 15.0 Å². The van der Waals surface area contributed by atoms with Crippen LogP contribution in [0.5, 0.6) is 11.5 Å². The van der Waals surface area contributed by atoms with Crippen LogP contribution in [-0.2, 0) is 12.5 Å². The van der Waals surface area contributed by atoms with Crippen molar-refractivity contribution >= 4 is 11.6 Å². The Kier molecular flexibility index (Phi) is 5.64. The Bertz CT molecular complexity index is 1110. The molecule has 1 amide bonds. The Morgan fingerprint density at radius 1 is 1.10 bits per heavy atom. The van der Waals surface area contributed by atoms with Crippen molar-refractivity contribution in [2.45, 2.75) is 33.1 Å². The summed E-state index contributed by atoms with van der Waals surface area (Å²) in [5.41, 5.74) is 5.97. The third-order valence-electron chi connectivity index (χ3n) is 4.82. The fraction of sp³-hybridized carbons (Fsp3) is 0.261. The summed E-state index contributed by atoms with van der Waals surface area (Å²) < 4.78 is 1.59. The SMILES string of the molecule is C/C(=N\NC(=O)c1cccc(O)c1)c1nn(C)c(-c2ccc(C(C)(C)C)cc2)c1O. The molecule has 7 nitrogen and oxygen atoms in total. The Labute approximate surface area is 175 Å². The van der Waals surface area contributed by atoms with Crippen molar-refractivity contribution in [1.29, 1.82) is 0 Å². The van der Waals surface area contributed by atoms with Gasteiger partial charge in [-0.25, -0.2) is 5.43 Å². The second kappa shape index (κ2) is 8.02. The molecule has 1 heterocycles. The third kappa shape index (κ3) is 4.35. The van der Waals surface area contributed by atoms with Crippen molar-refractivity contribution in [1.82, 2.24) is 15.2 Å². The zero-order valence-electron chi connectivity index (χ0n) is 17.8. The predicted octanol–water partition coefficient (Wildman–Crippen LogP) is 3.95. The molecule has 0 saturated heterocycles. The first kappa shape index (κ1) is 21.1. The summed E-state index contributed by atoms with van der Waals surface area (Å²) in [6, 6.07) is 14.0. The fourth-order valence-electron chi connectivity index (χ4n) is 3.11. The van der Waals surface area contributed by atoms with Crippen LogP contribution in [0, 0.1) is 0 Å². The molecule has 0 spiro atoms. The number of phenols is 1. The smallest absolute Gasteiger partial charge is 0.271 e. The summed E-state index contributed by atoms with van der Waals surface area (Å²) in [5, 5.41) is 28.7. The molecule has 0 atom stereocenters. The van der Waals surface area contributed by atoms with Crippen molar-refractivity contribution in [3.8, 4) is 22.8 Å². The molecule has 2 aromatic carbocycles. The first-order valence-corrected chi connectivity index (χ1v) is 9.59. The lowest BCUT2D eigenvalue weighted by atomic mass is 9.86. The van der Waals surface area contributed by atoms with Gasteiger partial charge in [-0.3, -0.25) is 9.48 Å². The van der Waals surface area contributed by atoms with Gasteiger partial charge in [0.15, 0.2) is 11.4 Å². The Hall–Kier alpha value is -3.61. The van der Waals surface area contributed by atoms with Crippen molar-refractivity contribution in [2.24, 2.45) is 12.1 Å². The number of hydrogen-bond acceptors (Lipinski definition) is 5. The maximum absolute atomic E-state index is 12.2. The highest BCUT2D eigenvalue weighted by Gasteiger charge is 2.20. The third-order valence-corrected chi connectivity index (χ3v) is 4.82. The van der Waals surface area contributed by atoms with E-state index >= 15 is 0 Å². The molecule has 0 aliphatic heterocycles. The number of carbonyl (C=O) groups excluding carboxylic acids is 1. The molecule has 0 unspecified atom stereocenters. The number of nitrogens with zero attached hydrogens (tertiary/aromatic N) is 3. The van der Waals surface area contributed by atoms with E-state index in [1.54, 1.807) is 30.8 Å². The largest absolute Gasteiger partial charge is 0.508 e. The number of amides is 1. The fourth-order valence-corrected chi connectivity index (χ4v) is 3.11. The van der Waals surface area contributed by atoms with E-state index < -0.39 is 5.91 Å². The highest BCUT2D eigenvalue weighted by atomic mass is 16.3. The van der Waals surface area contributed by atoms with Crippen LogP contribution in [0.15, 0.2) is 53.6 Å². The van der Waals surface area contributed by atoms with Gasteiger partial charge in [0.25, 0.3) is 5.91 Å². The predicted molar refractivity (Wildman–Crippen MR) is 117 cm³/mol. The number of rotatable bonds is 4. The second-order valence-corrected chi connectivity index (χ2v) is 8.19. The number of phenolic OH excluding ortho intramolecular Hbond substituents is 1. The number of hydrogen-bond donors (Lipinski definition) is 3. The standard InChI is InChI=1S/C23H26N4O3/c1-14(24-25-22(30)16-7-6-8-18(28)13-16)19-21(29)20(27(5)26-19)15-9-11-17(12-10-15)23(2,3)4/h6-13,28-29H,1-5H3,(H,25,30)/b24-14+. The van der Waals surface area contributed by atoms with E-state index in [0.717, 1.165) is 5.56 Å². The summed E-state index contributed by atoms with van der Waals surface area (Å²) in [4.78, 5) is 12.2. The average Bonchev–Trinajstić information content (AvgIpc) is 2.99. The van der Waals surface area contributed by atoms with Crippen LogP contribution in [-0.4, -0.2) is 31.6 Å². The molecule has 0 saturated carbocycles. The van der Waals surface area contributed by atoms with E-state index in [1.807, 2.05) is 24.3 Å². The van der Waals surface area contributed by atoms with Crippen molar-refractivity contribution in [3.05, 3.63) is 65.4 Å².